The molecule has 2 fully saturated rings. The van der Waals surface area contributed by atoms with Crippen LogP contribution < -0.4 is 10.2 Å². The third kappa shape index (κ3) is 2.60. The zero-order valence-corrected chi connectivity index (χ0v) is 13.2. The lowest BCUT2D eigenvalue weighted by Crippen LogP contribution is -2.53. The molecule has 0 unspecified atom stereocenters. The number of halogens is 1. The van der Waals surface area contributed by atoms with Crippen molar-refractivity contribution in [2.45, 2.75) is 30.7 Å². The van der Waals surface area contributed by atoms with E-state index in [1.165, 1.54) is 12.4 Å². The number of hydrogen-bond acceptors (Lipinski definition) is 5. The van der Waals surface area contributed by atoms with Crippen LogP contribution >= 0.6 is 0 Å². The first-order chi connectivity index (χ1) is 11.7. The van der Waals surface area contributed by atoms with Gasteiger partial charge >= 0.3 is 0 Å². The van der Waals surface area contributed by atoms with Crippen molar-refractivity contribution in [1.82, 2.24) is 20.3 Å². The summed E-state index contributed by atoms with van der Waals surface area (Å²) in [5.41, 5.74) is 0.860. The van der Waals surface area contributed by atoms with Gasteiger partial charge in [0.1, 0.15) is 0 Å². The van der Waals surface area contributed by atoms with Crippen molar-refractivity contribution in [2.24, 2.45) is 0 Å². The first kappa shape index (κ1) is 15.0. The summed E-state index contributed by atoms with van der Waals surface area (Å²) >= 11 is 0. The fraction of sp³-hybridized carbons (Fsp3) is 0.412. The Morgan fingerprint density at radius 3 is 2.62 bits per heavy atom. The molecule has 0 radical (unpaired) electrons. The molecule has 24 heavy (non-hydrogen) atoms. The van der Waals surface area contributed by atoms with Crippen LogP contribution in [0.5, 0.6) is 0 Å². The van der Waals surface area contributed by atoms with Gasteiger partial charge in [0.25, 0.3) is 0 Å². The van der Waals surface area contributed by atoms with E-state index in [0.717, 1.165) is 31.5 Å². The molecule has 0 bridgehead atoms. The topological polar surface area (TPSA) is 71.0 Å². The molecule has 2 saturated heterocycles. The molecule has 6 nitrogen and oxygen atoms in total. The fourth-order valence-corrected chi connectivity index (χ4v) is 3.86. The molecular formula is C17H18FN5O. The molecular weight excluding hydrogens is 309 g/mol. The summed E-state index contributed by atoms with van der Waals surface area (Å²) in [6, 6.07) is 3.95. The predicted octanol–water partition coefficient (Wildman–Crippen LogP) is 1.65. The van der Waals surface area contributed by atoms with Crippen molar-refractivity contribution >= 4 is 11.9 Å². The van der Waals surface area contributed by atoms with Crippen LogP contribution in [0.3, 0.4) is 0 Å². The lowest BCUT2D eigenvalue weighted by atomic mass is 9.75. The van der Waals surface area contributed by atoms with Gasteiger partial charge in [0.05, 0.1) is 17.9 Å². The van der Waals surface area contributed by atoms with Crippen LogP contribution in [-0.2, 0) is 4.79 Å². The second kappa shape index (κ2) is 5.81. The van der Waals surface area contributed by atoms with Gasteiger partial charge in [-0.1, -0.05) is 6.07 Å². The summed E-state index contributed by atoms with van der Waals surface area (Å²) in [7, 11) is 0. The minimum absolute atomic E-state index is 0.0929. The smallest absolute Gasteiger partial charge is 0.225 e. The van der Waals surface area contributed by atoms with Gasteiger partial charge in [0.15, 0.2) is 5.82 Å². The molecule has 4 heterocycles. The number of carbonyl (C=O) groups is 1. The molecule has 7 heteroatoms. The van der Waals surface area contributed by atoms with Gasteiger partial charge in [-0.05, 0) is 24.5 Å². The summed E-state index contributed by atoms with van der Waals surface area (Å²) in [6.45, 7) is 1.45. The maximum Gasteiger partial charge on any atom is 0.225 e. The molecule has 1 spiro atoms. The number of nitrogens with zero attached hydrogens (tertiary/aromatic N) is 4. The zero-order valence-electron chi connectivity index (χ0n) is 13.2. The van der Waals surface area contributed by atoms with Crippen LogP contribution in [-0.4, -0.2) is 39.5 Å². The second-order valence-corrected chi connectivity index (χ2v) is 6.44. The maximum absolute atomic E-state index is 13.0. The van der Waals surface area contributed by atoms with Crippen molar-refractivity contribution in [1.29, 1.82) is 0 Å². The Morgan fingerprint density at radius 2 is 1.96 bits per heavy atom. The maximum atomic E-state index is 13.0. The Bertz CT molecular complexity index is 728. The van der Waals surface area contributed by atoms with Crippen LogP contribution in [0.4, 0.5) is 10.3 Å². The van der Waals surface area contributed by atoms with Crippen molar-refractivity contribution < 1.29 is 9.18 Å². The van der Waals surface area contributed by atoms with Crippen LogP contribution in [0.1, 0.15) is 30.7 Å². The lowest BCUT2D eigenvalue weighted by Gasteiger charge is -2.42. The summed E-state index contributed by atoms with van der Waals surface area (Å²) < 4.78 is 13.0. The molecule has 2 aromatic heterocycles. The van der Waals surface area contributed by atoms with Crippen molar-refractivity contribution in [3.8, 4) is 0 Å². The second-order valence-electron chi connectivity index (χ2n) is 6.44. The van der Waals surface area contributed by atoms with Crippen LogP contribution in [0.15, 0.2) is 36.9 Å². The number of aromatic nitrogens is 3. The molecule has 4 rings (SSSR count). The first-order valence-electron chi connectivity index (χ1n) is 8.10. The standard InChI is InChI=1S/C17H18FN5O/c18-13-10-20-16(21-11-13)23-6-3-17(4-7-23)14(8-15(24)22-17)12-2-1-5-19-9-12/h1-2,5,9-11,14H,3-4,6-8H2,(H,22,24)/t14-/m1/s1. The van der Waals surface area contributed by atoms with Gasteiger partial charge in [0.2, 0.25) is 11.9 Å². The van der Waals surface area contributed by atoms with E-state index >= 15 is 0 Å². The molecule has 1 N–H and O–H groups in total. The van der Waals surface area contributed by atoms with E-state index in [-0.39, 0.29) is 17.4 Å². The molecule has 0 saturated carbocycles. The molecule has 2 aromatic rings. The fourth-order valence-electron chi connectivity index (χ4n) is 3.86. The number of amides is 1. The number of nitrogens with one attached hydrogen (secondary N) is 1. The Kier molecular flexibility index (Phi) is 3.63. The number of piperidine rings is 1. The highest BCUT2D eigenvalue weighted by Crippen LogP contribution is 2.43. The highest BCUT2D eigenvalue weighted by atomic mass is 19.1. The van der Waals surface area contributed by atoms with Crippen molar-refractivity contribution in [3.05, 3.63) is 48.3 Å². The van der Waals surface area contributed by atoms with Crippen LogP contribution in [0.25, 0.3) is 0 Å². The molecule has 1 atom stereocenters. The summed E-state index contributed by atoms with van der Waals surface area (Å²) in [5.74, 6) is 0.325. The van der Waals surface area contributed by atoms with Gasteiger partial charge in [-0.2, -0.15) is 0 Å². The SMILES string of the molecule is O=C1C[C@H](c2cccnc2)C2(CCN(c3ncc(F)cn3)CC2)N1. The van der Waals surface area contributed by atoms with E-state index in [1.54, 1.807) is 6.20 Å². The zero-order chi connectivity index (χ0) is 16.6. The summed E-state index contributed by atoms with van der Waals surface area (Å²) in [6.07, 6.45) is 8.07. The van der Waals surface area contributed by atoms with E-state index in [4.69, 9.17) is 0 Å². The van der Waals surface area contributed by atoms with Gasteiger partial charge < -0.3 is 10.2 Å². The third-order valence-corrected chi connectivity index (χ3v) is 5.08. The van der Waals surface area contributed by atoms with Gasteiger partial charge in [-0.15, -0.1) is 0 Å². The average Bonchev–Trinajstić information content (AvgIpc) is 2.93. The van der Waals surface area contributed by atoms with Gasteiger partial charge in [-0.3, -0.25) is 9.78 Å². The molecule has 2 aliphatic rings. The minimum Gasteiger partial charge on any atom is -0.350 e. The van der Waals surface area contributed by atoms with E-state index in [0.29, 0.717) is 12.4 Å². The summed E-state index contributed by atoms with van der Waals surface area (Å²) in [4.78, 5) is 26.4. The first-order valence-corrected chi connectivity index (χ1v) is 8.10. The molecule has 0 aliphatic carbocycles. The number of hydrogen-bond donors (Lipinski definition) is 1. The number of pyridine rings is 1. The van der Waals surface area contributed by atoms with Crippen LogP contribution in [0, 0.1) is 5.82 Å². The van der Waals surface area contributed by atoms with E-state index < -0.39 is 5.82 Å². The Balaban J connectivity index is 1.54. The Morgan fingerprint density at radius 1 is 1.21 bits per heavy atom. The number of anilines is 1. The van der Waals surface area contributed by atoms with E-state index in [9.17, 15) is 9.18 Å². The molecule has 2 aliphatic heterocycles. The highest BCUT2D eigenvalue weighted by Gasteiger charge is 2.48. The Labute approximate surface area is 139 Å². The normalized spacial score (nSPS) is 22.6. The van der Waals surface area contributed by atoms with Gasteiger partial charge in [0, 0.05) is 37.8 Å². The summed E-state index contributed by atoms with van der Waals surface area (Å²) in [5, 5.41) is 3.20. The van der Waals surface area contributed by atoms with Crippen LogP contribution in [0.2, 0.25) is 0 Å². The molecule has 1 amide bonds. The van der Waals surface area contributed by atoms with Gasteiger partial charge in [-0.25, -0.2) is 14.4 Å². The molecule has 0 aromatic carbocycles. The number of carbonyl (C=O) groups excluding carboxylic acids is 1. The van der Waals surface area contributed by atoms with E-state index in [2.05, 4.69) is 20.3 Å². The largest absolute Gasteiger partial charge is 0.350 e. The van der Waals surface area contributed by atoms with E-state index in [1.807, 2.05) is 23.2 Å². The quantitative estimate of drug-likeness (QED) is 0.908. The minimum atomic E-state index is -0.438. The molecule has 124 valence electrons. The van der Waals surface area contributed by atoms with Crippen molar-refractivity contribution in [3.63, 3.8) is 0 Å². The number of rotatable bonds is 2. The average molecular weight is 327 g/mol. The Hall–Kier alpha value is -2.57. The van der Waals surface area contributed by atoms with Crippen molar-refractivity contribution in [2.75, 3.05) is 18.0 Å². The lowest BCUT2D eigenvalue weighted by molar-refractivity contribution is -0.119. The monoisotopic (exact) mass is 327 g/mol. The highest BCUT2D eigenvalue weighted by molar-refractivity contribution is 5.81. The third-order valence-electron chi connectivity index (χ3n) is 5.08. The predicted molar refractivity (Wildman–Crippen MR) is 85.9 cm³/mol.